The van der Waals surface area contributed by atoms with Crippen LogP contribution in [-0.4, -0.2) is 101 Å². The molecular weight excluding hydrogens is 857 g/mol. The van der Waals surface area contributed by atoms with E-state index in [0.717, 1.165) is 109 Å². The Bertz CT molecular complexity index is 3370. The number of hydrazone groups is 1. The van der Waals surface area contributed by atoms with Crippen LogP contribution in [0.3, 0.4) is 0 Å². The highest BCUT2D eigenvalue weighted by Gasteiger charge is 2.33. The molecule has 3 atom stereocenters. The quantitative estimate of drug-likeness (QED) is 0.0905. The van der Waals surface area contributed by atoms with E-state index >= 15 is 0 Å². The van der Waals surface area contributed by atoms with Crippen LogP contribution < -0.4 is 21.8 Å². The summed E-state index contributed by atoms with van der Waals surface area (Å²) in [5.74, 6) is 2.51. The number of carbonyl (C=O) groups excluding carboxylic acids is 1. The van der Waals surface area contributed by atoms with Gasteiger partial charge in [-0.05, 0) is 111 Å². The number of anilines is 1. The van der Waals surface area contributed by atoms with Crippen LogP contribution in [0.1, 0.15) is 66.5 Å². The molecule has 1 amide bonds. The van der Waals surface area contributed by atoms with Gasteiger partial charge in [-0.15, -0.1) is 0 Å². The summed E-state index contributed by atoms with van der Waals surface area (Å²) < 4.78 is 3.63. The third-order valence-corrected chi connectivity index (χ3v) is 12.8. The number of hydrogen-bond acceptors (Lipinski definition) is 14. The number of amides is 1. The molecule has 1 saturated carbocycles. The van der Waals surface area contributed by atoms with Crippen LogP contribution in [0.4, 0.5) is 5.69 Å². The molecule has 0 bridgehead atoms. The summed E-state index contributed by atoms with van der Waals surface area (Å²) in [6.07, 6.45) is 9.94. The highest BCUT2D eigenvalue weighted by atomic mass is 16.2. The smallest absolute Gasteiger partial charge is 0.427 e. The minimum Gasteiger partial charge on any atom is -0.427 e. The van der Waals surface area contributed by atoms with Crippen molar-refractivity contribution < 1.29 is 9.82 Å². The second-order valence-electron chi connectivity index (χ2n) is 17.5. The maximum absolute atomic E-state index is 12.1. The maximum atomic E-state index is 12.1. The van der Waals surface area contributed by atoms with E-state index in [2.05, 4.69) is 42.7 Å². The van der Waals surface area contributed by atoms with Gasteiger partial charge < -0.3 is 31.4 Å². The van der Waals surface area contributed by atoms with Gasteiger partial charge in [0.25, 0.3) is 0 Å². The third-order valence-electron chi connectivity index (χ3n) is 12.8. The zero-order chi connectivity index (χ0) is 46.5. The van der Waals surface area contributed by atoms with Crippen molar-refractivity contribution in [3.63, 3.8) is 0 Å². The number of imidazole rings is 2. The highest BCUT2D eigenvalue weighted by molar-refractivity contribution is 6.67. The fourth-order valence-electron chi connectivity index (χ4n) is 9.33. The summed E-state index contributed by atoms with van der Waals surface area (Å²) >= 11 is 0. The zero-order valence-corrected chi connectivity index (χ0v) is 37.7. The van der Waals surface area contributed by atoms with Gasteiger partial charge in [-0.2, -0.15) is 15.3 Å². The summed E-state index contributed by atoms with van der Waals surface area (Å²) in [7, 11) is -1.21. The van der Waals surface area contributed by atoms with E-state index in [9.17, 15) is 9.82 Å². The molecule has 9 heterocycles. The van der Waals surface area contributed by atoms with Crippen LogP contribution in [0, 0.1) is 19.8 Å². The molecule has 20 heteroatoms. The molecule has 7 N–H and O–H groups in total. The number of rotatable bonds is 12. The number of aromatic nitrogens is 12. The number of benzene rings is 1. The number of aryl methyl sites for hydroxylation is 2. The van der Waals surface area contributed by atoms with Crippen molar-refractivity contribution >= 4 is 41.6 Å². The van der Waals surface area contributed by atoms with Crippen LogP contribution in [0.15, 0.2) is 103 Å². The van der Waals surface area contributed by atoms with E-state index in [1.807, 2.05) is 104 Å². The molecule has 19 nitrogen and oxygen atoms in total. The molecule has 1 fully saturated rings. The fourth-order valence-corrected chi connectivity index (χ4v) is 9.33. The highest BCUT2D eigenvalue weighted by Crippen LogP contribution is 2.37. The van der Waals surface area contributed by atoms with Crippen molar-refractivity contribution in [3.05, 3.63) is 132 Å². The first-order valence-electron chi connectivity index (χ1n) is 22.7. The van der Waals surface area contributed by atoms with Gasteiger partial charge in [-0.25, -0.2) is 33.9 Å². The molecule has 1 aliphatic carbocycles. The van der Waals surface area contributed by atoms with Crippen molar-refractivity contribution in [2.24, 2.45) is 16.8 Å². The molecule has 0 saturated heterocycles. The molecule has 2 aliphatic rings. The Morgan fingerprint density at radius 3 is 2.21 bits per heavy atom. The Morgan fingerprint density at radius 2 is 1.51 bits per heavy atom. The number of nitrogens with two attached hydrogens (primary N) is 1. The molecule has 1 aromatic carbocycles. The van der Waals surface area contributed by atoms with E-state index in [1.54, 1.807) is 23.1 Å². The summed E-state index contributed by atoms with van der Waals surface area (Å²) in [5.41, 5.74) is 17.5. The van der Waals surface area contributed by atoms with Gasteiger partial charge in [0.1, 0.15) is 29.4 Å². The van der Waals surface area contributed by atoms with Gasteiger partial charge in [-0.3, -0.25) is 14.8 Å². The minimum absolute atomic E-state index is 0.217. The predicted molar refractivity (Wildman–Crippen MR) is 258 cm³/mol. The largest absolute Gasteiger partial charge is 0.474 e. The lowest BCUT2D eigenvalue weighted by Crippen LogP contribution is -2.53. The van der Waals surface area contributed by atoms with E-state index in [1.165, 1.54) is 0 Å². The SMILES string of the molecule is Cc1cccc(-c2nc(CNc3ccc4c(c3)C=NN(C(=O)CN)B4O)[nH]c2-c2ccc3nc(C4CCC(NCc5nc(-c6cccc(C)n6)c(-c6ccc7ncnn7c6)[nH]5)C(C)C4)nn3c2)n1. The molecule has 3 unspecified atom stereocenters. The number of H-pyrrole nitrogens is 2. The van der Waals surface area contributed by atoms with Crippen LogP contribution >= 0.6 is 0 Å². The lowest BCUT2D eigenvalue weighted by molar-refractivity contribution is -0.125. The van der Waals surface area contributed by atoms with Crippen LogP contribution in [-0.2, 0) is 17.9 Å². The number of hydrogen-bond donors (Lipinski definition) is 6. The molecule has 340 valence electrons. The summed E-state index contributed by atoms with van der Waals surface area (Å²) in [6, 6.07) is 25.7. The first-order chi connectivity index (χ1) is 33.1. The number of nitrogens with one attached hydrogen (secondary N) is 4. The molecule has 8 aromatic heterocycles. The molecular formula is C48H48BN17O2. The van der Waals surface area contributed by atoms with Crippen molar-refractivity contribution in [3.8, 4) is 45.3 Å². The van der Waals surface area contributed by atoms with Crippen molar-refractivity contribution in [1.29, 1.82) is 0 Å². The number of carbonyl (C=O) groups is 1. The first kappa shape index (κ1) is 42.7. The number of aromatic amines is 2. The molecule has 68 heavy (non-hydrogen) atoms. The van der Waals surface area contributed by atoms with Crippen molar-refractivity contribution in [2.45, 2.75) is 65.1 Å². The van der Waals surface area contributed by atoms with Gasteiger partial charge in [0.15, 0.2) is 17.1 Å². The predicted octanol–water partition coefficient (Wildman–Crippen LogP) is 4.79. The monoisotopic (exact) mass is 905 g/mol. The fraction of sp³-hybridized carbons (Fsp3) is 0.250. The van der Waals surface area contributed by atoms with E-state index in [0.29, 0.717) is 41.9 Å². The van der Waals surface area contributed by atoms with Crippen LogP contribution in [0.5, 0.6) is 0 Å². The summed E-state index contributed by atoms with van der Waals surface area (Å²) in [5, 5.41) is 31.5. The number of nitrogens with zero attached hydrogens (tertiary/aromatic N) is 12. The molecule has 1 aliphatic heterocycles. The second kappa shape index (κ2) is 17.7. The Kier molecular flexibility index (Phi) is 11.1. The average Bonchev–Trinajstić information content (AvgIpc) is 4.18. The van der Waals surface area contributed by atoms with Crippen molar-refractivity contribution in [2.75, 3.05) is 11.9 Å². The van der Waals surface area contributed by atoms with Gasteiger partial charge in [0, 0.05) is 52.6 Å². The normalized spacial score (nSPS) is 17.0. The lowest BCUT2D eigenvalue weighted by atomic mass is 9.69. The topological polar surface area (TPSA) is 246 Å². The van der Waals surface area contributed by atoms with E-state index in [-0.39, 0.29) is 12.5 Å². The van der Waals surface area contributed by atoms with Crippen molar-refractivity contribution in [1.82, 2.24) is 69.3 Å². The van der Waals surface area contributed by atoms with E-state index < -0.39 is 13.0 Å². The third kappa shape index (κ3) is 8.29. The van der Waals surface area contributed by atoms with Gasteiger partial charge >= 0.3 is 7.05 Å². The van der Waals surface area contributed by atoms with Gasteiger partial charge in [-0.1, -0.05) is 25.1 Å². The zero-order valence-electron chi connectivity index (χ0n) is 37.7. The molecule has 0 spiro atoms. The Balaban J connectivity index is 0.787. The van der Waals surface area contributed by atoms with E-state index in [4.69, 9.17) is 35.8 Å². The lowest BCUT2D eigenvalue weighted by Gasteiger charge is -2.33. The summed E-state index contributed by atoms with van der Waals surface area (Å²) in [4.78, 5) is 49.4. The molecule has 11 rings (SSSR count). The Hall–Kier alpha value is -7.94. The number of pyridine rings is 4. The molecule has 0 radical (unpaired) electrons. The summed E-state index contributed by atoms with van der Waals surface area (Å²) in [6.45, 7) is 6.96. The maximum Gasteiger partial charge on any atom is 0.474 e. The van der Waals surface area contributed by atoms with Gasteiger partial charge in [0.05, 0.1) is 48.6 Å². The average molecular weight is 906 g/mol. The Morgan fingerprint density at radius 1 is 0.824 bits per heavy atom. The second-order valence-corrected chi connectivity index (χ2v) is 17.5. The number of fused-ring (bicyclic) bond motifs is 3. The molecule has 9 aromatic rings. The van der Waals surface area contributed by atoms with Gasteiger partial charge in [0.2, 0.25) is 5.91 Å². The first-order valence-corrected chi connectivity index (χ1v) is 22.7. The minimum atomic E-state index is -1.21. The standard InChI is InChI=1S/C48H48BN17O2/c1-27-18-30(10-15-36(27)52-23-40-59-44(31-11-16-41-53-26-55-64(41)24-31)46(61-40)37-8-4-6-28(2)56-37)48-62-42-17-12-32(25-65(42)63-48)45-47(38-9-5-7-29(3)57-38)60-39(58-45)22-51-34-13-14-35-33(19-34)21-54-66(49(35)68)43(67)20-50/h4-9,11-14,16-17,19,21,24-27,30,36,51-52,68H,10,15,18,20,22-23,50H2,1-3H3,(H,58,60)(H,59,61). The van der Waals surface area contributed by atoms with Crippen LogP contribution in [0.2, 0.25) is 0 Å². The Labute approximate surface area is 390 Å². The van der Waals surface area contributed by atoms with Crippen LogP contribution in [0.25, 0.3) is 56.6 Å².